The Morgan fingerprint density at radius 2 is 2.40 bits per heavy atom. The van der Waals surface area contributed by atoms with Gasteiger partial charge in [0.05, 0.1) is 11.8 Å². The molecule has 6 nitrogen and oxygen atoms in total. The van der Waals surface area contributed by atoms with Crippen molar-refractivity contribution in [2.24, 2.45) is 7.05 Å². The first-order chi connectivity index (χ1) is 6.99. The summed E-state index contributed by atoms with van der Waals surface area (Å²) in [7, 11) is 1.75. The molecule has 0 spiro atoms. The van der Waals surface area contributed by atoms with Gasteiger partial charge in [0.25, 0.3) is 0 Å². The topological polar surface area (TPSA) is 79.2 Å². The minimum absolute atomic E-state index is 0.225. The van der Waals surface area contributed by atoms with Gasteiger partial charge >= 0.3 is 6.03 Å². The summed E-state index contributed by atoms with van der Waals surface area (Å²) in [6.07, 6.45) is -0.552. The van der Waals surface area contributed by atoms with Crippen LogP contribution in [0, 0.1) is 6.92 Å². The molecule has 2 amide bonds. The maximum atomic E-state index is 11.3. The average molecular weight is 212 g/mol. The molecule has 0 fully saturated rings. The van der Waals surface area contributed by atoms with E-state index in [0.29, 0.717) is 5.82 Å². The molecule has 1 aromatic rings. The summed E-state index contributed by atoms with van der Waals surface area (Å²) in [5.41, 5.74) is 0.836. The number of anilines is 1. The van der Waals surface area contributed by atoms with Gasteiger partial charge in [-0.15, -0.1) is 0 Å². The molecule has 6 heteroatoms. The second-order valence-electron chi connectivity index (χ2n) is 3.48. The number of aliphatic hydroxyl groups excluding tert-OH is 1. The quantitative estimate of drug-likeness (QED) is 0.671. The number of aliphatic hydroxyl groups is 1. The highest BCUT2D eigenvalue weighted by Crippen LogP contribution is 2.07. The normalized spacial score (nSPS) is 12.3. The summed E-state index contributed by atoms with van der Waals surface area (Å²) >= 11 is 0. The monoisotopic (exact) mass is 212 g/mol. The van der Waals surface area contributed by atoms with Crippen molar-refractivity contribution in [1.29, 1.82) is 0 Å². The Hall–Kier alpha value is -1.56. The molecule has 0 bridgehead atoms. The molecule has 1 rings (SSSR count). The van der Waals surface area contributed by atoms with E-state index in [0.717, 1.165) is 5.69 Å². The molecule has 15 heavy (non-hydrogen) atoms. The van der Waals surface area contributed by atoms with Crippen molar-refractivity contribution in [2.45, 2.75) is 20.0 Å². The molecule has 1 unspecified atom stereocenters. The molecule has 1 atom stereocenters. The Bertz CT molecular complexity index is 346. The van der Waals surface area contributed by atoms with Crippen LogP contribution >= 0.6 is 0 Å². The van der Waals surface area contributed by atoms with Crippen LogP contribution < -0.4 is 10.6 Å². The van der Waals surface area contributed by atoms with Gasteiger partial charge in [0.15, 0.2) is 0 Å². The number of urea groups is 1. The van der Waals surface area contributed by atoms with E-state index in [1.807, 2.05) is 6.92 Å². The van der Waals surface area contributed by atoms with Crippen LogP contribution in [0.1, 0.15) is 12.6 Å². The molecule has 0 aliphatic heterocycles. The number of carbonyl (C=O) groups excluding carboxylic acids is 1. The van der Waals surface area contributed by atoms with Crippen LogP contribution in [0.2, 0.25) is 0 Å². The van der Waals surface area contributed by atoms with E-state index in [9.17, 15) is 4.79 Å². The summed E-state index contributed by atoms with van der Waals surface area (Å²) in [5, 5.41) is 18.2. The number of aryl methyl sites for hydroxylation is 2. The highest BCUT2D eigenvalue weighted by Gasteiger charge is 2.06. The predicted molar refractivity (Wildman–Crippen MR) is 56.6 cm³/mol. The molecule has 0 saturated heterocycles. The zero-order chi connectivity index (χ0) is 11.4. The first-order valence-electron chi connectivity index (χ1n) is 4.72. The Kier molecular flexibility index (Phi) is 3.68. The number of nitrogens with zero attached hydrogens (tertiary/aromatic N) is 2. The minimum atomic E-state index is -0.552. The van der Waals surface area contributed by atoms with Crippen LogP contribution in [0.5, 0.6) is 0 Å². The maximum Gasteiger partial charge on any atom is 0.320 e. The molecule has 1 heterocycles. The second-order valence-corrected chi connectivity index (χ2v) is 3.48. The van der Waals surface area contributed by atoms with Gasteiger partial charge in [-0.3, -0.25) is 10.00 Å². The fraction of sp³-hybridized carbons (Fsp3) is 0.556. The van der Waals surface area contributed by atoms with Crippen LogP contribution in [0.4, 0.5) is 10.6 Å². The number of hydrogen-bond acceptors (Lipinski definition) is 3. The molecule has 0 saturated carbocycles. The highest BCUT2D eigenvalue weighted by molar-refractivity contribution is 5.88. The molecule has 1 aromatic heterocycles. The van der Waals surface area contributed by atoms with Gasteiger partial charge in [0.1, 0.15) is 5.82 Å². The fourth-order valence-electron chi connectivity index (χ4n) is 1.13. The molecule has 0 aliphatic rings. The lowest BCUT2D eigenvalue weighted by molar-refractivity contribution is 0.190. The third-order valence-corrected chi connectivity index (χ3v) is 1.80. The average Bonchev–Trinajstić information content (AvgIpc) is 2.42. The Labute approximate surface area is 88.3 Å². The van der Waals surface area contributed by atoms with E-state index in [-0.39, 0.29) is 12.6 Å². The Balaban J connectivity index is 2.48. The van der Waals surface area contributed by atoms with Crippen molar-refractivity contribution in [3.05, 3.63) is 11.8 Å². The number of rotatable bonds is 3. The number of amides is 2. The van der Waals surface area contributed by atoms with Crippen LogP contribution in [-0.2, 0) is 7.05 Å². The molecule has 0 aromatic carbocycles. The molecule has 0 radical (unpaired) electrons. The van der Waals surface area contributed by atoms with Gasteiger partial charge in [0.2, 0.25) is 0 Å². The van der Waals surface area contributed by atoms with Crippen LogP contribution in [0.25, 0.3) is 0 Å². The van der Waals surface area contributed by atoms with Crippen molar-refractivity contribution in [1.82, 2.24) is 15.1 Å². The van der Waals surface area contributed by atoms with E-state index < -0.39 is 6.10 Å². The molecular weight excluding hydrogens is 196 g/mol. The third kappa shape index (κ3) is 3.59. The first-order valence-corrected chi connectivity index (χ1v) is 4.72. The Morgan fingerprint density at radius 3 is 2.87 bits per heavy atom. The van der Waals surface area contributed by atoms with Gasteiger partial charge in [-0.1, -0.05) is 0 Å². The van der Waals surface area contributed by atoms with E-state index in [2.05, 4.69) is 15.7 Å². The van der Waals surface area contributed by atoms with Gasteiger partial charge in [-0.25, -0.2) is 4.79 Å². The number of hydrogen-bond donors (Lipinski definition) is 3. The van der Waals surface area contributed by atoms with Crippen molar-refractivity contribution < 1.29 is 9.90 Å². The Morgan fingerprint density at radius 1 is 1.73 bits per heavy atom. The highest BCUT2D eigenvalue weighted by atomic mass is 16.3. The summed E-state index contributed by atoms with van der Waals surface area (Å²) in [6.45, 7) is 3.68. The largest absolute Gasteiger partial charge is 0.392 e. The smallest absolute Gasteiger partial charge is 0.320 e. The SMILES string of the molecule is Cc1cc(NC(=O)NCC(C)O)n(C)n1. The first kappa shape index (κ1) is 11.5. The van der Waals surface area contributed by atoms with E-state index in [4.69, 9.17) is 5.11 Å². The molecular formula is C9H16N4O2. The van der Waals surface area contributed by atoms with Crippen molar-refractivity contribution >= 4 is 11.8 Å². The van der Waals surface area contributed by atoms with Gasteiger partial charge in [-0.05, 0) is 13.8 Å². The fourth-order valence-corrected chi connectivity index (χ4v) is 1.13. The van der Waals surface area contributed by atoms with Crippen molar-refractivity contribution in [3.63, 3.8) is 0 Å². The lowest BCUT2D eigenvalue weighted by Gasteiger charge is -2.08. The lowest BCUT2D eigenvalue weighted by Crippen LogP contribution is -2.34. The third-order valence-electron chi connectivity index (χ3n) is 1.80. The van der Waals surface area contributed by atoms with Crippen LogP contribution in [-0.4, -0.2) is 33.6 Å². The summed E-state index contributed by atoms with van der Waals surface area (Å²) in [5.74, 6) is 0.621. The standard InChI is InChI=1S/C9H16N4O2/c1-6-4-8(13(3)12-6)11-9(15)10-5-7(2)14/h4,7,14H,5H2,1-3H3,(H2,10,11,15). The number of aromatic nitrogens is 2. The van der Waals surface area contributed by atoms with Crippen LogP contribution in [0.15, 0.2) is 6.07 Å². The summed E-state index contributed by atoms with van der Waals surface area (Å²) in [6, 6.07) is 1.42. The van der Waals surface area contributed by atoms with E-state index in [1.165, 1.54) is 0 Å². The van der Waals surface area contributed by atoms with E-state index in [1.54, 1.807) is 24.7 Å². The summed E-state index contributed by atoms with van der Waals surface area (Å²) < 4.78 is 1.58. The minimum Gasteiger partial charge on any atom is -0.392 e. The van der Waals surface area contributed by atoms with Gasteiger partial charge in [-0.2, -0.15) is 5.10 Å². The lowest BCUT2D eigenvalue weighted by atomic mass is 10.4. The number of nitrogens with one attached hydrogen (secondary N) is 2. The van der Waals surface area contributed by atoms with Crippen molar-refractivity contribution in [2.75, 3.05) is 11.9 Å². The maximum absolute atomic E-state index is 11.3. The molecule has 84 valence electrons. The zero-order valence-electron chi connectivity index (χ0n) is 9.11. The van der Waals surface area contributed by atoms with Crippen molar-refractivity contribution in [3.8, 4) is 0 Å². The van der Waals surface area contributed by atoms with Gasteiger partial charge < -0.3 is 10.4 Å². The number of carbonyl (C=O) groups is 1. The van der Waals surface area contributed by atoms with E-state index >= 15 is 0 Å². The predicted octanol–water partition coefficient (Wildman–Crippen LogP) is 0.231. The molecule has 3 N–H and O–H groups in total. The van der Waals surface area contributed by atoms with Gasteiger partial charge in [0, 0.05) is 19.7 Å². The van der Waals surface area contributed by atoms with Crippen LogP contribution in [0.3, 0.4) is 0 Å². The second kappa shape index (κ2) is 4.79. The zero-order valence-corrected chi connectivity index (χ0v) is 9.11. The molecule has 0 aliphatic carbocycles. The summed E-state index contributed by atoms with van der Waals surface area (Å²) in [4.78, 5) is 11.3.